The van der Waals surface area contributed by atoms with E-state index in [4.69, 9.17) is 5.73 Å². The minimum Gasteiger partial charge on any atom is -0.326 e. The fourth-order valence-corrected chi connectivity index (χ4v) is 2.70. The molecule has 2 rings (SSSR count). The highest BCUT2D eigenvalue weighted by atomic mass is 16.1. The Bertz CT molecular complexity index is 427. The van der Waals surface area contributed by atoms with Crippen molar-refractivity contribution in [2.24, 2.45) is 11.7 Å². The number of rotatable bonds is 3. The third-order valence-corrected chi connectivity index (χ3v) is 3.86. The van der Waals surface area contributed by atoms with Gasteiger partial charge in [0, 0.05) is 24.2 Å². The van der Waals surface area contributed by atoms with Crippen LogP contribution in [0.15, 0.2) is 11.0 Å². The molecular weight excluding hydrogens is 214 g/mol. The van der Waals surface area contributed by atoms with E-state index in [-0.39, 0.29) is 12.1 Å². The summed E-state index contributed by atoms with van der Waals surface area (Å²) >= 11 is 0. The first kappa shape index (κ1) is 12.3. The number of nitrogens with two attached hydrogens (primary N) is 1. The van der Waals surface area contributed by atoms with Crippen molar-refractivity contribution in [2.75, 3.05) is 0 Å². The fraction of sp³-hybridized carbons (Fsp3) is 0.692. The van der Waals surface area contributed by atoms with E-state index in [1.807, 2.05) is 0 Å². The van der Waals surface area contributed by atoms with Gasteiger partial charge in [-0.05, 0) is 18.8 Å². The molecule has 0 aliphatic heterocycles. The highest BCUT2D eigenvalue weighted by molar-refractivity contribution is 5.08. The monoisotopic (exact) mass is 235 g/mol. The summed E-state index contributed by atoms with van der Waals surface area (Å²) in [5.41, 5.74) is 5.96. The summed E-state index contributed by atoms with van der Waals surface area (Å²) in [7, 11) is 0. The van der Waals surface area contributed by atoms with Gasteiger partial charge in [-0.3, -0.25) is 4.79 Å². The predicted octanol–water partition coefficient (Wildman–Crippen LogP) is 1.91. The number of H-pyrrole nitrogens is 1. The molecule has 0 radical (unpaired) electrons. The lowest BCUT2D eigenvalue weighted by Gasteiger charge is -2.27. The van der Waals surface area contributed by atoms with Crippen LogP contribution in [0, 0.1) is 5.92 Å². The molecule has 1 aliphatic carbocycles. The second-order valence-electron chi connectivity index (χ2n) is 4.96. The van der Waals surface area contributed by atoms with Crippen molar-refractivity contribution in [3.8, 4) is 0 Å². The molecule has 2 atom stereocenters. The minimum atomic E-state index is -0.0730. The highest BCUT2D eigenvalue weighted by Gasteiger charge is 2.23. The van der Waals surface area contributed by atoms with Crippen molar-refractivity contribution in [3.05, 3.63) is 27.9 Å². The molecule has 1 aliphatic rings. The number of nitrogens with one attached hydrogen (secondary N) is 1. The van der Waals surface area contributed by atoms with Crippen molar-refractivity contribution >= 4 is 0 Å². The average Bonchev–Trinajstić information content (AvgIpc) is 2.38. The third-order valence-electron chi connectivity index (χ3n) is 3.86. The first-order valence-corrected chi connectivity index (χ1v) is 6.52. The molecule has 0 saturated heterocycles. The molecule has 1 fully saturated rings. The summed E-state index contributed by atoms with van der Waals surface area (Å²) in [6.45, 7) is 2.49. The van der Waals surface area contributed by atoms with Crippen molar-refractivity contribution in [1.29, 1.82) is 0 Å². The number of nitrogens with zero attached hydrogens (tertiary/aromatic N) is 1. The summed E-state index contributed by atoms with van der Waals surface area (Å²) in [5, 5.41) is 0. The fourth-order valence-electron chi connectivity index (χ4n) is 2.70. The normalized spacial score (nSPS) is 24.8. The highest BCUT2D eigenvalue weighted by Crippen LogP contribution is 2.35. The molecule has 94 valence electrons. The van der Waals surface area contributed by atoms with Crippen LogP contribution in [0.4, 0.5) is 0 Å². The van der Waals surface area contributed by atoms with Crippen LogP contribution in [0.25, 0.3) is 0 Å². The molecule has 0 spiro atoms. The van der Waals surface area contributed by atoms with Gasteiger partial charge >= 0.3 is 0 Å². The summed E-state index contributed by atoms with van der Waals surface area (Å²) in [4.78, 5) is 19.0. The molecule has 0 bridgehead atoms. The Kier molecular flexibility index (Phi) is 3.94. The van der Waals surface area contributed by atoms with E-state index >= 15 is 0 Å². The molecule has 2 unspecified atom stereocenters. The van der Waals surface area contributed by atoms with E-state index in [1.54, 1.807) is 6.20 Å². The second-order valence-corrected chi connectivity index (χ2v) is 4.96. The largest absolute Gasteiger partial charge is 0.326 e. The van der Waals surface area contributed by atoms with Crippen molar-refractivity contribution < 1.29 is 0 Å². The molecule has 1 heterocycles. The maximum Gasteiger partial charge on any atom is 0.255 e. The molecule has 4 heteroatoms. The van der Waals surface area contributed by atoms with Gasteiger partial charge in [0.05, 0.1) is 0 Å². The van der Waals surface area contributed by atoms with Crippen molar-refractivity contribution in [2.45, 2.75) is 51.5 Å². The molecule has 0 amide bonds. The SMILES string of the molecule is CCC1CCCC(c2ncc(CN)c(=O)[nH]2)C1. The van der Waals surface area contributed by atoms with E-state index in [9.17, 15) is 4.79 Å². The summed E-state index contributed by atoms with van der Waals surface area (Å²) < 4.78 is 0. The molecule has 1 saturated carbocycles. The predicted molar refractivity (Wildman–Crippen MR) is 67.7 cm³/mol. The van der Waals surface area contributed by atoms with Crippen LogP contribution in [0.1, 0.15) is 56.3 Å². The molecule has 0 aromatic carbocycles. The van der Waals surface area contributed by atoms with Gasteiger partial charge in [-0.1, -0.05) is 26.2 Å². The first-order valence-electron chi connectivity index (χ1n) is 6.52. The van der Waals surface area contributed by atoms with Crippen LogP contribution in [-0.4, -0.2) is 9.97 Å². The van der Waals surface area contributed by atoms with Gasteiger partial charge < -0.3 is 10.7 Å². The number of hydrogen-bond acceptors (Lipinski definition) is 3. The topological polar surface area (TPSA) is 71.8 Å². The minimum absolute atomic E-state index is 0.0730. The summed E-state index contributed by atoms with van der Waals surface area (Å²) in [5.74, 6) is 2.06. The third kappa shape index (κ3) is 2.75. The van der Waals surface area contributed by atoms with E-state index in [2.05, 4.69) is 16.9 Å². The van der Waals surface area contributed by atoms with Gasteiger partial charge in [-0.15, -0.1) is 0 Å². The van der Waals surface area contributed by atoms with Crippen molar-refractivity contribution in [3.63, 3.8) is 0 Å². The Morgan fingerprint density at radius 1 is 1.53 bits per heavy atom. The second kappa shape index (κ2) is 5.45. The Labute approximate surface area is 102 Å². The first-order chi connectivity index (χ1) is 8.24. The Balaban J connectivity index is 2.16. The molecule has 17 heavy (non-hydrogen) atoms. The van der Waals surface area contributed by atoms with Gasteiger partial charge in [0.15, 0.2) is 0 Å². The zero-order valence-electron chi connectivity index (χ0n) is 10.4. The maximum absolute atomic E-state index is 11.7. The van der Waals surface area contributed by atoms with Gasteiger partial charge in [0.1, 0.15) is 5.82 Å². The molecule has 3 N–H and O–H groups in total. The quantitative estimate of drug-likeness (QED) is 0.840. The van der Waals surface area contributed by atoms with E-state index in [0.29, 0.717) is 11.5 Å². The Morgan fingerprint density at radius 2 is 2.35 bits per heavy atom. The average molecular weight is 235 g/mol. The lowest BCUT2D eigenvalue weighted by Crippen LogP contribution is -2.22. The van der Waals surface area contributed by atoms with Crippen LogP contribution in [-0.2, 0) is 6.54 Å². The maximum atomic E-state index is 11.7. The number of hydrogen-bond donors (Lipinski definition) is 2. The Morgan fingerprint density at radius 3 is 3.00 bits per heavy atom. The standard InChI is InChI=1S/C13H21N3O/c1-2-9-4-3-5-10(6-9)12-15-8-11(7-14)13(17)16-12/h8-10H,2-7,14H2,1H3,(H,15,16,17). The lowest BCUT2D eigenvalue weighted by atomic mass is 9.80. The molecule has 4 nitrogen and oxygen atoms in total. The smallest absolute Gasteiger partial charge is 0.255 e. The zero-order valence-corrected chi connectivity index (χ0v) is 10.4. The number of aromatic nitrogens is 2. The van der Waals surface area contributed by atoms with Crippen LogP contribution in [0.2, 0.25) is 0 Å². The van der Waals surface area contributed by atoms with Crippen LogP contribution in [0.5, 0.6) is 0 Å². The van der Waals surface area contributed by atoms with E-state index in [1.165, 1.54) is 19.3 Å². The van der Waals surface area contributed by atoms with E-state index in [0.717, 1.165) is 24.6 Å². The van der Waals surface area contributed by atoms with E-state index < -0.39 is 0 Å². The van der Waals surface area contributed by atoms with Crippen molar-refractivity contribution in [1.82, 2.24) is 9.97 Å². The molecule has 1 aromatic rings. The lowest BCUT2D eigenvalue weighted by molar-refractivity contribution is 0.307. The zero-order chi connectivity index (χ0) is 12.3. The van der Waals surface area contributed by atoms with Crippen LogP contribution < -0.4 is 11.3 Å². The van der Waals surface area contributed by atoms with Crippen LogP contribution >= 0.6 is 0 Å². The van der Waals surface area contributed by atoms with Gasteiger partial charge in [0.2, 0.25) is 0 Å². The summed E-state index contributed by atoms with van der Waals surface area (Å²) in [6.07, 6.45) is 7.71. The summed E-state index contributed by atoms with van der Waals surface area (Å²) in [6, 6.07) is 0. The number of aromatic amines is 1. The molecular formula is C13H21N3O. The Hall–Kier alpha value is -1.16. The van der Waals surface area contributed by atoms with Gasteiger partial charge in [-0.2, -0.15) is 0 Å². The van der Waals surface area contributed by atoms with Gasteiger partial charge in [0.25, 0.3) is 5.56 Å². The van der Waals surface area contributed by atoms with Gasteiger partial charge in [-0.25, -0.2) is 4.98 Å². The van der Waals surface area contributed by atoms with Crippen LogP contribution in [0.3, 0.4) is 0 Å². The molecule has 1 aromatic heterocycles.